The first-order chi connectivity index (χ1) is 8.59. The van der Waals surface area contributed by atoms with Crippen LogP contribution in [0.2, 0.25) is 0 Å². The van der Waals surface area contributed by atoms with Gasteiger partial charge in [0.2, 0.25) is 5.91 Å². The number of carbonyl (C=O) groups is 1. The van der Waals surface area contributed by atoms with Crippen LogP contribution in [0.4, 0.5) is 0 Å². The topological polar surface area (TPSA) is 32.3 Å². The normalized spacial score (nSPS) is 18.1. The molecule has 1 aliphatic rings. The molecule has 1 amide bonds. The molecular weight excluding hydrogens is 244 g/mol. The molecule has 0 radical (unpaired) electrons. The third-order valence-corrected chi connectivity index (χ3v) is 4.47. The smallest absolute Gasteiger partial charge is 0.232 e. The van der Waals surface area contributed by atoms with Crippen LogP contribution in [-0.2, 0) is 4.79 Å². The van der Waals surface area contributed by atoms with Crippen LogP contribution >= 0.6 is 11.8 Å². The zero-order chi connectivity index (χ0) is 13.4. The van der Waals surface area contributed by atoms with Gasteiger partial charge in [0.25, 0.3) is 0 Å². The van der Waals surface area contributed by atoms with Crippen LogP contribution in [0.1, 0.15) is 40.0 Å². The van der Waals surface area contributed by atoms with E-state index in [9.17, 15) is 4.79 Å². The maximum atomic E-state index is 11.9. The summed E-state index contributed by atoms with van der Waals surface area (Å²) in [4.78, 5) is 14.0. The maximum absolute atomic E-state index is 11.9. The van der Waals surface area contributed by atoms with Crippen molar-refractivity contribution in [1.82, 2.24) is 10.2 Å². The van der Waals surface area contributed by atoms with Gasteiger partial charge < -0.3 is 10.2 Å². The summed E-state index contributed by atoms with van der Waals surface area (Å²) in [6.45, 7) is 9.57. The Morgan fingerprint density at radius 2 is 1.89 bits per heavy atom. The molecule has 1 unspecified atom stereocenters. The van der Waals surface area contributed by atoms with Gasteiger partial charge in [-0.3, -0.25) is 4.79 Å². The van der Waals surface area contributed by atoms with Crippen molar-refractivity contribution < 1.29 is 4.79 Å². The number of amides is 1. The Hall–Kier alpha value is -0.220. The molecule has 0 saturated carbocycles. The first-order valence-corrected chi connectivity index (χ1v) is 8.34. The van der Waals surface area contributed by atoms with Crippen molar-refractivity contribution in [3.63, 3.8) is 0 Å². The predicted octanol–water partition coefficient (Wildman–Crippen LogP) is 2.37. The summed E-state index contributed by atoms with van der Waals surface area (Å²) in [7, 11) is 0. The zero-order valence-electron chi connectivity index (χ0n) is 12.1. The average Bonchev–Trinajstić information content (AvgIpc) is 2.37. The van der Waals surface area contributed by atoms with E-state index in [-0.39, 0.29) is 0 Å². The van der Waals surface area contributed by atoms with Crippen LogP contribution < -0.4 is 5.32 Å². The number of likely N-dealkylation sites (tertiary alicyclic amines) is 1. The van der Waals surface area contributed by atoms with Crippen molar-refractivity contribution in [1.29, 1.82) is 0 Å². The quantitative estimate of drug-likeness (QED) is 0.772. The monoisotopic (exact) mass is 272 g/mol. The highest BCUT2D eigenvalue weighted by Crippen LogP contribution is 2.13. The standard InChI is InChI=1S/C14H28N2OS/c1-12(2)15-9-13(3)10-18-11-14(17)16-7-5-4-6-8-16/h12-13,15H,4-11H2,1-3H3. The Kier molecular flexibility index (Phi) is 7.75. The van der Waals surface area contributed by atoms with Crippen LogP contribution in [0.25, 0.3) is 0 Å². The van der Waals surface area contributed by atoms with E-state index < -0.39 is 0 Å². The predicted molar refractivity (Wildman–Crippen MR) is 80.1 cm³/mol. The Labute approximate surface area is 116 Å². The van der Waals surface area contributed by atoms with Crippen LogP contribution in [0, 0.1) is 5.92 Å². The molecule has 1 N–H and O–H groups in total. The summed E-state index contributed by atoms with van der Waals surface area (Å²) < 4.78 is 0. The molecule has 1 rings (SSSR count). The molecule has 1 heterocycles. The molecule has 1 saturated heterocycles. The Morgan fingerprint density at radius 1 is 1.22 bits per heavy atom. The van der Waals surface area contributed by atoms with Crippen LogP contribution in [0.5, 0.6) is 0 Å². The molecule has 18 heavy (non-hydrogen) atoms. The number of nitrogens with zero attached hydrogens (tertiary/aromatic N) is 1. The molecule has 0 bridgehead atoms. The molecule has 1 fully saturated rings. The second-order valence-electron chi connectivity index (χ2n) is 5.62. The minimum atomic E-state index is 0.337. The number of carbonyl (C=O) groups excluding carboxylic acids is 1. The largest absolute Gasteiger partial charge is 0.342 e. The van der Waals surface area contributed by atoms with Crippen LogP contribution in [0.3, 0.4) is 0 Å². The third kappa shape index (κ3) is 6.64. The van der Waals surface area contributed by atoms with Gasteiger partial charge in [-0.05, 0) is 37.5 Å². The Bertz CT molecular complexity index is 240. The van der Waals surface area contributed by atoms with E-state index in [1.54, 1.807) is 11.8 Å². The number of hydrogen-bond acceptors (Lipinski definition) is 3. The molecular formula is C14H28N2OS. The van der Waals surface area contributed by atoms with Gasteiger partial charge in [0.1, 0.15) is 0 Å². The molecule has 0 aliphatic carbocycles. The lowest BCUT2D eigenvalue weighted by atomic mass is 10.1. The van der Waals surface area contributed by atoms with Gasteiger partial charge in [0.15, 0.2) is 0 Å². The molecule has 0 spiro atoms. The SMILES string of the molecule is CC(CNC(C)C)CSCC(=O)N1CCCCC1. The lowest BCUT2D eigenvalue weighted by Gasteiger charge is -2.26. The number of nitrogens with one attached hydrogen (secondary N) is 1. The van der Waals surface area contributed by atoms with Crippen molar-refractivity contribution in [2.75, 3.05) is 31.1 Å². The summed E-state index contributed by atoms with van der Waals surface area (Å²) in [6.07, 6.45) is 3.66. The summed E-state index contributed by atoms with van der Waals surface area (Å²) >= 11 is 1.78. The summed E-state index contributed by atoms with van der Waals surface area (Å²) in [6, 6.07) is 0.549. The van der Waals surface area contributed by atoms with Gasteiger partial charge in [-0.15, -0.1) is 0 Å². The maximum Gasteiger partial charge on any atom is 0.232 e. The van der Waals surface area contributed by atoms with Gasteiger partial charge >= 0.3 is 0 Å². The molecule has 3 nitrogen and oxygen atoms in total. The number of piperidine rings is 1. The van der Waals surface area contributed by atoms with Crippen molar-refractivity contribution in [2.45, 2.75) is 46.1 Å². The average molecular weight is 272 g/mol. The van der Waals surface area contributed by atoms with Crippen LogP contribution in [0.15, 0.2) is 0 Å². The van der Waals surface area contributed by atoms with Gasteiger partial charge in [-0.1, -0.05) is 20.8 Å². The number of hydrogen-bond donors (Lipinski definition) is 1. The van der Waals surface area contributed by atoms with E-state index in [0.717, 1.165) is 25.4 Å². The molecule has 4 heteroatoms. The fourth-order valence-corrected chi connectivity index (χ4v) is 3.07. The number of thioether (sulfide) groups is 1. The van der Waals surface area contributed by atoms with E-state index >= 15 is 0 Å². The van der Waals surface area contributed by atoms with E-state index in [0.29, 0.717) is 23.6 Å². The molecule has 0 aromatic carbocycles. The van der Waals surface area contributed by atoms with Crippen LogP contribution in [-0.4, -0.2) is 48.0 Å². The first-order valence-electron chi connectivity index (χ1n) is 7.18. The summed E-state index contributed by atoms with van der Waals surface area (Å²) in [5, 5.41) is 3.44. The second-order valence-corrected chi connectivity index (χ2v) is 6.65. The summed E-state index contributed by atoms with van der Waals surface area (Å²) in [5.74, 6) is 2.70. The third-order valence-electron chi connectivity index (χ3n) is 3.21. The van der Waals surface area contributed by atoms with Gasteiger partial charge in [-0.25, -0.2) is 0 Å². The highest BCUT2D eigenvalue weighted by atomic mass is 32.2. The van der Waals surface area contributed by atoms with E-state index in [1.807, 2.05) is 4.90 Å². The Morgan fingerprint density at radius 3 is 2.50 bits per heavy atom. The lowest BCUT2D eigenvalue weighted by Crippen LogP contribution is -2.37. The van der Waals surface area contributed by atoms with Gasteiger partial charge in [0.05, 0.1) is 5.75 Å². The fraction of sp³-hybridized carbons (Fsp3) is 0.929. The zero-order valence-corrected chi connectivity index (χ0v) is 12.9. The lowest BCUT2D eigenvalue weighted by molar-refractivity contribution is -0.129. The van der Waals surface area contributed by atoms with E-state index in [4.69, 9.17) is 0 Å². The molecule has 1 aliphatic heterocycles. The summed E-state index contributed by atoms with van der Waals surface area (Å²) in [5.41, 5.74) is 0. The second kappa shape index (κ2) is 8.81. The number of rotatable bonds is 7. The van der Waals surface area contributed by atoms with Crippen molar-refractivity contribution >= 4 is 17.7 Å². The van der Waals surface area contributed by atoms with Crippen molar-refractivity contribution in [2.24, 2.45) is 5.92 Å². The van der Waals surface area contributed by atoms with Gasteiger partial charge in [0, 0.05) is 19.1 Å². The van der Waals surface area contributed by atoms with Crippen molar-refractivity contribution in [3.8, 4) is 0 Å². The molecule has 1 atom stereocenters. The fourth-order valence-electron chi connectivity index (χ4n) is 2.08. The van der Waals surface area contributed by atoms with Crippen molar-refractivity contribution in [3.05, 3.63) is 0 Å². The van der Waals surface area contributed by atoms with Gasteiger partial charge in [-0.2, -0.15) is 11.8 Å². The van der Waals surface area contributed by atoms with E-state index in [1.165, 1.54) is 19.3 Å². The highest BCUT2D eigenvalue weighted by Gasteiger charge is 2.16. The highest BCUT2D eigenvalue weighted by molar-refractivity contribution is 7.99. The molecule has 0 aromatic rings. The minimum absolute atomic E-state index is 0.337. The molecule has 0 aromatic heterocycles. The Balaban J connectivity index is 2.07. The molecule has 106 valence electrons. The first kappa shape index (κ1) is 15.8. The minimum Gasteiger partial charge on any atom is -0.342 e. The van der Waals surface area contributed by atoms with E-state index in [2.05, 4.69) is 26.1 Å².